The van der Waals surface area contributed by atoms with Crippen molar-refractivity contribution in [3.8, 4) is 0 Å². The van der Waals surface area contributed by atoms with Crippen molar-refractivity contribution in [1.82, 2.24) is 14.8 Å². The second-order valence-corrected chi connectivity index (χ2v) is 6.88. The lowest BCUT2D eigenvalue weighted by Gasteiger charge is -2.13. The van der Waals surface area contributed by atoms with E-state index < -0.39 is 23.3 Å². The minimum absolute atomic E-state index is 0.0906. The van der Waals surface area contributed by atoms with E-state index in [1.165, 1.54) is 22.8 Å². The van der Waals surface area contributed by atoms with Gasteiger partial charge in [0, 0.05) is 6.61 Å². The highest BCUT2D eigenvalue weighted by atomic mass is 32.2. The molecule has 1 saturated heterocycles. The van der Waals surface area contributed by atoms with Crippen LogP contribution >= 0.6 is 11.8 Å². The molecular formula is C16H17F3N4O3S. The molecule has 27 heavy (non-hydrogen) atoms. The number of hydrogen-bond acceptors (Lipinski definition) is 5. The summed E-state index contributed by atoms with van der Waals surface area (Å²) in [5, 5.41) is 8.72. The maximum atomic E-state index is 13.0. The van der Waals surface area contributed by atoms with Gasteiger partial charge < -0.3 is 10.1 Å². The number of benzene rings is 1. The highest BCUT2D eigenvalue weighted by molar-refractivity contribution is 7.99. The molecule has 0 bridgehead atoms. The van der Waals surface area contributed by atoms with E-state index in [9.17, 15) is 22.8 Å². The van der Waals surface area contributed by atoms with Crippen LogP contribution in [0.1, 0.15) is 18.4 Å². The molecule has 7 nitrogen and oxygen atoms in total. The summed E-state index contributed by atoms with van der Waals surface area (Å²) in [7, 11) is 0. The summed E-state index contributed by atoms with van der Waals surface area (Å²) >= 11 is 0.964. The number of ether oxygens (including phenoxy) is 1. The molecule has 2 N–H and O–H groups in total. The average Bonchev–Trinajstić information content (AvgIpc) is 3.24. The lowest BCUT2D eigenvalue weighted by molar-refractivity contribution is -0.137. The molecular weight excluding hydrogens is 385 g/mol. The van der Waals surface area contributed by atoms with Crippen LogP contribution < -0.4 is 11.0 Å². The zero-order chi connectivity index (χ0) is 19.4. The molecule has 0 radical (unpaired) electrons. The van der Waals surface area contributed by atoms with Crippen LogP contribution in [-0.2, 0) is 22.3 Å². The van der Waals surface area contributed by atoms with Crippen molar-refractivity contribution in [2.24, 2.45) is 0 Å². The highest BCUT2D eigenvalue weighted by Crippen LogP contribution is 2.34. The fourth-order valence-corrected chi connectivity index (χ4v) is 3.48. The third-order valence-electron chi connectivity index (χ3n) is 3.97. The van der Waals surface area contributed by atoms with Gasteiger partial charge in [0.1, 0.15) is 0 Å². The van der Waals surface area contributed by atoms with Gasteiger partial charge >= 0.3 is 11.9 Å². The third kappa shape index (κ3) is 4.92. The fourth-order valence-electron chi connectivity index (χ4n) is 2.72. The average molecular weight is 402 g/mol. The van der Waals surface area contributed by atoms with Crippen molar-refractivity contribution in [2.45, 2.75) is 36.8 Å². The minimum Gasteiger partial charge on any atom is -0.376 e. The van der Waals surface area contributed by atoms with Crippen LogP contribution in [0.4, 0.5) is 18.9 Å². The maximum absolute atomic E-state index is 13.0. The summed E-state index contributed by atoms with van der Waals surface area (Å²) in [4.78, 5) is 23.9. The summed E-state index contributed by atoms with van der Waals surface area (Å²) in [6.45, 7) is 0.955. The first kappa shape index (κ1) is 19.5. The number of para-hydroxylation sites is 1. The van der Waals surface area contributed by atoms with E-state index in [0.29, 0.717) is 13.2 Å². The zero-order valence-electron chi connectivity index (χ0n) is 14.1. The van der Waals surface area contributed by atoms with Crippen molar-refractivity contribution in [3.05, 3.63) is 40.3 Å². The summed E-state index contributed by atoms with van der Waals surface area (Å²) in [6, 6.07) is 4.74. The summed E-state index contributed by atoms with van der Waals surface area (Å²) in [5.74, 6) is -0.821. The van der Waals surface area contributed by atoms with E-state index >= 15 is 0 Å². The Bertz CT molecular complexity index is 859. The number of aromatic amines is 1. The standard InChI is InChI=1S/C16H17F3N4O3S/c17-16(18,19)11-5-1-2-6-12(11)20-13(24)9-27-15-22-21-14(25)23(15)8-10-4-3-7-26-10/h1-2,5-6,10H,3-4,7-9H2,(H,20,24)(H,21,25)/t10-/m0/s1. The van der Waals surface area contributed by atoms with Crippen LogP contribution in [0.15, 0.2) is 34.2 Å². The lowest BCUT2D eigenvalue weighted by Crippen LogP contribution is -2.25. The molecule has 146 valence electrons. The number of aromatic nitrogens is 3. The number of halogens is 3. The zero-order valence-corrected chi connectivity index (χ0v) is 14.9. The maximum Gasteiger partial charge on any atom is 0.418 e. The second-order valence-electron chi connectivity index (χ2n) is 5.94. The molecule has 1 aliphatic heterocycles. The predicted molar refractivity (Wildman–Crippen MR) is 92.6 cm³/mol. The lowest BCUT2D eigenvalue weighted by atomic mass is 10.1. The van der Waals surface area contributed by atoms with Gasteiger partial charge in [-0.05, 0) is 25.0 Å². The number of H-pyrrole nitrogens is 1. The monoisotopic (exact) mass is 402 g/mol. The molecule has 1 aromatic heterocycles. The number of alkyl halides is 3. The van der Waals surface area contributed by atoms with Crippen LogP contribution in [0.25, 0.3) is 0 Å². The number of nitrogens with one attached hydrogen (secondary N) is 2. The predicted octanol–water partition coefficient (Wildman–Crippen LogP) is 2.50. The first-order valence-corrected chi connectivity index (χ1v) is 9.19. The van der Waals surface area contributed by atoms with Gasteiger partial charge in [-0.25, -0.2) is 9.89 Å². The van der Waals surface area contributed by atoms with E-state index in [0.717, 1.165) is 30.7 Å². The Balaban J connectivity index is 1.63. The second kappa shape index (κ2) is 8.17. The van der Waals surface area contributed by atoms with Gasteiger partial charge in [-0.1, -0.05) is 23.9 Å². The number of hydrogen-bond donors (Lipinski definition) is 2. The molecule has 1 fully saturated rings. The van der Waals surface area contributed by atoms with Crippen LogP contribution in [0.5, 0.6) is 0 Å². The largest absolute Gasteiger partial charge is 0.418 e. The van der Waals surface area contributed by atoms with E-state index in [4.69, 9.17) is 4.74 Å². The van der Waals surface area contributed by atoms with E-state index in [1.807, 2.05) is 0 Å². The number of carbonyl (C=O) groups excluding carboxylic acids is 1. The van der Waals surface area contributed by atoms with Gasteiger partial charge in [0.25, 0.3) is 0 Å². The normalized spacial score (nSPS) is 17.2. The number of carbonyl (C=O) groups is 1. The van der Waals surface area contributed by atoms with Crippen LogP contribution in [0, 0.1) is 0 Å². The fraction of sp³-hybridized carbons (Fsp3) is 0.438. The quantitative estimate of drug-likeness (QED) is 0.725. The van der Waals surface area contributed by atoms with Gasteiger partial charge in [-0.3, -0.25) is 9.36 Å². The van der Waals surface area contributed by atoms with Crippen LogP contribution in [0.2, 0.25) is 0 Å². The molecule has 3 rings (SSSR count). The van der Waals surface area contributed by atoms with Crippen molar-refractivity contribution < 1.29 is 22.7 Å². The Morgan fingerprint density at radius 2 is 2.19 bits per heavy atom. The molecule has 1 aliphatic rings. The number of thioether (sulfide) groups is 1. The van der Waals surface area contributed by atoms with Gasteiger partial charge in [-0.2, -0.15) is 13.2 Å². The van der Waals surface area contributed by atoms with Gasteiger partial charge in [0.15, 0.2) is 5.16 Å². The summed E-state index contributed by atoms with van der Waals surface area (Å²) in [5.41, 5.74) is -1.65. The SMILES string of the molecule is O=C(CSc1n[nH]c(=O)n1C[C@@H]1CCCO1)Nc1ccccc1C(F)(F)F. The Kier molecular flexibility index (Phi) is 5.90. The van der Waals surface area contributed by atoms with E-state index in [2.05, 4.69) is 15.5 Å². The first-order valence-electron chi connectivity index (χ1n) is 8.20. The van der Waals surface area contributed by atoms with E-state index in [1.54, 1.807) is 0 Å². The van der Waals surface area contributed by atoms with Gasteiger partial charge in [0.2, 0.25) is 5.91 Å². The van der Waals surface area contributed by atoms with Crippen molar-refractivity contribution in [3.63, 3.8) is 0 Å². The molecule has 1 aromatic carbocycles. The van der Waals surface area contributed by atoms with Crippen molar-refractivity contribution in [1.29, 1.82) is 0 Å². The van der Waals surface area contributed by atoms with E-state index in [-0.39, 0.29) is 22.7 Å². The molecule has 0 aliphatic carbocycles. The molecule has 2 aromatic rings. The van der Waals surface area contributed by atoms with Crippen LogP contribution in [-0.4, -0.2) is 39.1 Å². The van der Waals surface area contributed by atoms with Crippen molar-refractivity contribution >= 4 is 23.4 Å². The Morgan fingerprint density at radius 1 is 1.41 bits per heavy atom. The molecule has 11 heteroatoms. The summed E-state index contributed by atoms with van der Waals surface area (Å²) in [6.07, 6.45) is -2.91. The minimum atomic E-state index is -4.57. The Hall–Kier alpha value is -2.27. The van der Waals surface area contributed by atoms with Gasteiger partial charge in [0.05, 0.1) is 29.7 Å². The van der Waals surface area contributed by atoms with Crippen LogP contribution in [0.3, 0.4) is 0 Å². The molecule has 1 amide bonds. The van der Waals surface area contributed by atoms with Crippen molar-refractivity contribution in [2.75, 3.05) is 17.7 Å². The number of anilines is 1. The Labute approximate surface area is 156 Å². The molecule has 2 heterocycles. The third-order valence-corrected chi connectivity index (χ3v) is 4.95. The number of rotatable bonds is 6. The van der Waals surface area contributed by atoms with Gasteiger partial charge in [-0.15, -0.1) is 5.10 Å². The number of nitrogens with zero attached hydrogens (tertiary/aromatic N) is 2. The molecule has 1 atom stereocenters. The topological polar surface area (TPSA) is 89.0 Å². The Morgan fingerprint density at radius 3 is 2.89 bits per heavy atom. The number of amides is 1. The highest BCUT2D eigenvalue weighted by Gasteiger charge is 2.33. The summed E-state index contributed by atoms with van der Waals surface area (Å²) < 4.78 is 45.8. The molecule has 0 saturated carbocycles. The molecule has 0 spiro atoms. The molecule has 0 unspecified atom stereocenters. The smallest absolute Gasteiger partial charge is 0.376 e. The first-order chi connectivity index (χ1) is 12.8.